The average molecular weight is 559 g/mol. The molecule has 1 aromatic rings. The molecular weight excluding hydrogens is 530 g/mol. The Morgan fingerprint density at radius 1 is 1.00 bits per heavy atom. The molecule has 136 valence electrons. The second-order valence-corrected chi connectivity index (χ2v) is 7.66. The van der Waals surface area contributed by atoms with Crippen molar-refractivity contribution in [1.82, 2.24) is 0 Å². The van der Waals surface area contributed by atoms with E-state index in [0.29, 0.717) is 0 Å². The minimum Gasteiger partial charge on any atom is -0.328 e. The van der Waals surface area contributed by atoms with Gasteiger partial charge in [-0.1, -0.05) is 32.6 Å². The van der Waals surface area contributed by atoms with Gasteiger partial charge in [0.2, 0.25) is 0 Å². The molecule has 2 fully saturated rings. The maximum absolute atomic E-state index is 13.4. The number of benzene rings is 1. The molecule has 1 aromatic carbocycles. The zero-order valence-corrected chi connectivity index (χ0v) is 21.8. The zero-order valence-electron chi connectivity index (χ0n) is 15.2. The topological polar surface area (TPSA) is 0 Å². The van der Waals surface area contributed by atoms with Gasteiger partial charge in [0.1, 0.15) is 0 Å². The van der Waals surface area contributed by atoms with Crippen molar-refractivity contribution in [3.8, 4) is 0 Å². The van der Waals surface area contributed by atoms with Crippen molar-refractivity contribution in [3.63, 3.8) is 0 Å². The molecule has 0 unspecified atom stereocenters. The number of rotatable bonds is 4. The predicted octanol–water partition coefficient (Wildman–Crippen LogP) is 3.07. The van der Waals surface area contributed by atoms with Gasteiger partial charge in [-0.05, 0) is 43.4 Å². The van der Waals surface area contributed by atoms with Gasteiger partial charge in [0.15, 0.2) is 0 Å². The van der Waals surface area contributed by atoms with Gasteiger partial charge in [-0.2, -0.15) is 30.0 Å². The van der Waals surface area contributed by atoms with Gasteiger partial charge in [-0.25, -0.2) is 4.39 Å². The van der Waals surface area contributed by atoms with Crippen LogP contribution in [0.5, 0.6) is 0 Å². The quantitative estimate of drug-likeness (QED) is 0.499. The fourth-order valence-electron chi connectivity index (χ4n) is 4.57. The normalized spacial score (nSPS) is 24.8. The molecule has 3 heteroatoms. The molecule has 0 aromatic heterocycles. The van der Waals surface area contributed by atoms with Gasteiger partial charge in [0, 0.05) is 52.7 Å². The Morgan fingerprint density at radius 3 is 2.21 bits per heavy atom. The van der Waals surface area contributed by atoms with Crippen LogP contribution in [-0.2, 0) is 6.42 Å². The summed E-state index contributed by atoms with van der Waals surface area (Å²) in [5, 5.41) is 0. The monoisotopic (exact) mass is 559 g/mol. The van der Waals surface area contributed by atoms with Crippen LogP contribution in [-0.4, -0.2) is 0 Å². The molecule has 0 radical (unpaired) electrons. The maximum atomic E-state index is 13.4. The van der Waals surface area contributed by atoms with Crippen LogP contribution in [0.3, 0.4) is 0 Å². The van der Waals surface area contributed by atoms with Crippen molar-refractivity contribution in [2.75, 3.05) is 0 Å². The molecule has 2 aliphatic rings. The van der Waals surface area contributed by atoms with E-state index in [4.69, 9.17) is 0 Å². The van der Waals surface area contributed by atoms with E-state index in [9.17, 15) is 4.39 Å². The van der Waals surface area contributed by atoms with E-state index in [1.807, 2.05) is 6.92 Å². The average Bonchev–Trinajstić information content (AvgIpc) is 2.49. The van der Waals surface area contributed by atoms with Crippen LogP contribution in [0.1, 0.15) is 68.9 Å². The standard InChI is InChI=1S/C21H29F.Rb.Yb/c1-16-11-20(15-21(22)12-16)14-19-9-7-18(8-10-19)13-17-5-3-2-4-6-17;;/h2,11,15,17-19H,3-10,13-14H2,1H3;;/q-2;+1;. The second-order valence-electron chi connectivity index (χ2n) is 7.66. The van der Waals surface area contributed by atoms with E-state index >= 15 is 0 Å². The molecule has 2 saturated carbocycles. The molecule has 2 aliphatic carbocycles. The first-order valence-corrected chi connectivity index (χ1v) is 9.19. The Morgan fingerprint density at radius 2 is 1.58 bits per heavy atom. The van der Waals surface area contributed by atoms with E-state index in [1.165, 1.54) is 63.4 Å². The third-order valence-corrected chi connectivity index (χ3v) is 5.75. The van der Waals surface area contributed by atoms with Crippen LogP contribution in [0, 0.1) is 89.9 Å². The summed E-state index contributed by atoms with van der Waals surface area (Å²) in [4.78, 5) is 0. The van der Waals surface area contributed by atoms with Gasteiger partial charge in [0.25, 0.3) is 0 Å². The summed E-state index contributed by atoms with van der Waals surface area (Å²) in [7, 11) is 0. The SMILES string of the molecule is Cc1[c-]c(F)cc(CC2CCC(CC3CC[CH-]CC3)CC2)c1.[Rb+].[Yb]. The largest absolute Gasteiger partial charge is 1.00 e. The summed E-state index contributed by atoms with van der Waals surface area (Å²) < 4.78 is 13.4. The molecular formula is C21H29FRbYb-. The van der Waals surface area contributed by atoms with Crippen LogP contribution in [0.2, 0.25) is 0 Å². The third-order valence-electron chi connectivity index (χ3n) is 5.75. The molecule has 24 heavy (non-hydrogen) atoms. The molecule has 0 saturated heterocycles. The van der Waals surface area contributed by atoms with Gasteiger partial charge < -0.3 is 6.42 Å². The van der Waals surface area contributed by atoms with Crippen molar-refractivity contribution in [2.24, 2.45) is 17.8 Å². The summed E-state index contributed by atoms with van der Waals surface area (Å²) in [6, 6.07) is 6.51. The van der Waals surface area contributed by atoms with Crippen molar-refractivity contribution in [1.29, 1.82) is 0 Å². The molecule has 0 aliphatic heterocycles. The Kier molecular flexibility index (Phi) is 13.1. The van der Waals surface area contributed by atoms with Gasteiger partial charge >= 0.3 is 58.2 Å². The first-order chi connectivity index (χ1) is 10.7. The Hall–Kier alpha value is 2.47. The van der Waals surface area contributed by atoms with Crippen molar-refractivity contribution >= 4 is 0 Å². The molecule has 0 spiro atoms. The minimum absolute atomic E-state index is 0. The smallest absolute Gasteiger partial charge is 0.328 e. The summed E-state index contributed by atoms with van der Waals surface area (Å²) >= 11 is 0. The predicted molar refractivity (Wildman–Crippen MR) is 90.0 cm³/mol. The Balaban J connectivity index is 0.00000144. The van der Waals surface area contributed by atoms with E-state index in [1.54, 1.807) is 6.07 Å². The maximum Gasteiger partial charge on any atom is 1.00 e. The van der Waals surface area contributed by atoms with E-state index in [2.05, 4.69) is 18.6 Å². The first kappa shape index (κ1) is 24.5. The van der Waals surface area contributed by atoms with E-state index in [-0.39, 0.29) is 111 Å². The van der Waals surface area contributed by atoms with Crippen LogP contribution < -0.4 is 58.2 Å². The first-order valence-electron chi connectivity index (χ1n) is 9.19. The molecule has 0 bridgehead atoms. The van der Waals surface area contributed by atoms with Crippen molar-refractivity contribution < 1.29 is 110 Å². The van der Waals surface area contributed by atoms with Crippen molar-refractivity contribution in [2.45, 2.75) is 71.1 Å². The van der Waals surface area contributed by atoms with Crippen LogP contribution in [0.4, 0.5) is 4.39 Å². The third kappa shape index (κ3) is 8.23. The molecule has 0 heterocycles. The summed E-state index contributed by atoms with van der Waals surface area (Å²) in [6.07, 6.45) is 16.0. The molecule has 3 rings (SSSR count). The number of halogens is 1. The fourth-order valence-corrected chi connectivity index (χ4v) is 4.57. The summed E-state index contributed by atoms with van der Waals surface area (Å²) in [5.41, 5.74) is 2.10. The van der Waals surface area contributed by atoms with Gasteiger partial charge in [0.05, 0.1) is 0 Å². The zero-order chi connectivity index (χ0) is 15.4. The molecule has 0 N–H and O–H groups in total. The fraction of sp³-hybridized carbons (Fsp3) is 0.667. The van der Waals surface area contributed by atoms with Crippen LogP contribution >= 0.6 is 0 Å². The van der Waals surface area contributed by atoms with Crippen LogP contribution in [0.25, 0.3) is 0 Å². The molecule has 0 atom stereocenters. The Labute approximate surface area is 235 Å². The summed E-state index contributed by atoms with van der Waals surface area (Å²) in [5.74, 6) is 2.52. The van der Waals surface area contributed by atoms with Gasteiger partial charge in [-0.15, -0.1) is 12.1 Å². The molecule has 0 amide bonds. The minimum atomic E-state index is -0.196. The van der Waals surface area contributed by atoms with E-state index < -0.39 is 0 Å². The van der Waals surface area contributed by atoms with E-state index in [0.717, 1.165) is 29.7 Å². The number of hydrogen-bond donors (Lipinski definition) is 0. The number of aryl methyl sites for hydroxylation is 1. The second kappa shape index (κ2) is 12.8. The van der Waals surface area contributed by atoms with Crippen LogP contribution in [0.15, 0.2) is 12.1 Å². The summed E-state index contributed by atoms with van der Waals surface area (Å²) in [6.45, 7) is 1.94. The van der Waals surface area contributed by atoms with Crippen molar-refractivity contribution in [3.05, 3.63) is 41.6 Å². The number of hydrogen-bond acceptors (Lipinski definition) is 0. The molecule has 0 nitrogen and oxygen atoms in total. The Bertz CT molecular complexity index is 456. The van der Waals surface area contributed by atoms with Gasteiger partial charge in [-0.3, -0.25) is 0 Å².